The van der Waals surface area contributed by atoms with Crippen LogP contribution in [0.5, 0.6) is 0 Å². The molecule has 1 rings (SSSR count). The molecule has 0 aliphatic heterocycles. The number of rotatable bonds is 4. The van der Waals surface area contributed by atoms with Gasteiger partial charge in [-0.15, -0.1) is 0 Å². The summed E-state index contributed by atoms with van der Waals surface area (Å²) in [5.74, 6) is 4.99. The number of nitrogens with zero attached hydrogens (tertiary/aromatic N) is 1. The smallest absolute Gasteiger partial charge is 0.287 e. The fourth-order valence-corrected chi connectivity index (χ4v) is 1.48. The minimum absolute atomic E-state index is 0.0494. The molecule has 0 bridgehead atoms. The highest BCUT2D eigenvalue weighted by atomic mass is 35.5. The van der Waals surface area contributed by atoms with Gasteiger partial charge in [-0.25, -0.2) is 5.90 Å². The van der Waals surface area contributed by atoms with Gasteiger partial charge in [-0.2, -0.15) is 0 Å². The molecule has 1 aromatic rings. The molecule has 0 aromatic heterocycles. The Labute approximate surface area is 91.9 Å². The Hall–Kier alpha value is -1.17. The standard InChI is InChI=1S/C9H11ClN2O3/c1-6(5-15-11)7-2-3-9(12(13)14)8(10)4-7/h2-4,6H,5,11H2,1H3. The first-order valence-electron chi connectivity index (χ1n) is 4.31. The maximum Gasteiger partial charge on any atom is 0.287 e. The van der Waals surface area contributed by atoms with Crippen LogP contribution in [0.4, 0.5) is 5.69 Å². The van der Waals surface area contributed by atoms with Crippen LogP contribution < -0.4 is 5.90 Å². The molecule has 0 fully saturated rings. The summed E-state index contributed by atoms with van der Waals surface area (Å²) >= 11 is 5.75. The van der Waals surface area contributed by atoms with Crippen molar-refractivity contribution in [2.45, 2.75) is 12.8 Å². The molecule has 0 spiro atoms. The Bertz CT molecular complexity index is 370. The average molecular weight is 231 g/mol. The van der Waals surface area contributed by atoms with Crippen LogP contribution in [0.15, 0.2) is 18.2 Å². The van der Waals surface area contributed by atoms with Gasteiger partial charge in [0.05, 0.1) is 11.5 Å². The molecule has 2 N–H and O–H groups in total. The maximum atomic E-state index is 10.5. The van der Waals surface area contributed by atoms with Crippen molar-refractivity contribution in [3.63, 3.8) is 0 Å². The van der Waals surface area contributed by atoms with Crippen molar-refractivity contribution < 1.29 is 9.76 Å². The van der Waals surface area contributed by atoms with Gasteiger partial charge in [-0.3, -0.25) is 10.1 Å². The molecule has 0 saturated heterocycles. The summed E-state index contributed by atoms with van der Waals surface area (Å²) in [6.07, 6.45) is 0. The molecule has 82 valence electrons. The molecule has 0 aliphatic rings. The van der Waals surface area contributed by atoms with Crippen molar-refractivity contribution >= 4 is 17.3 Å². The lowest BCUT2D eigenvalue weighted by Gasteiger charge is -2.10. The average Bonchev–Trinajstić information content (AvgIpc) is 2.17. The first-order chi connectivity index (χ1) is 7.06. The summed E-state index contributed by atoms with van der Waals surface area (Å²) < 4.78 is 0. The molecule has 0 radical (unpaired) electrons. The van der Waals surface area contributed by atoms with Crippen molar-refractivity contribution in [2.24, 2.45) is 5.90 Å². The molecule has 15 heavy (non-hydrogen) atoms. The largest absolute Gasteiger partial charge is 0.304 e. The van der Waals surface area contributed by atoms with Gasteiger partial charge in [0.2, 0.25) is 0 Å². The van der Waals surface area contributed by atoms with Gasteiger partial charge in [0, 0.05) is 12.0 Å². The summed E-state index contributed by atoms with van der Waals surface area (Å²) in [5, 5.41) is 10.6. The van der Waals surface area contributed by atoms with Crippen LogP contribution in [0.3, 0.4) is 0 Å². The van der Waals surface area contributed by atoms with Crippen molar-refractivity contribution in [3.8, 4) is 0 Å². The van der Waals surface area contributed by atoms with E-state index in [0.717, 1.165) is 5.56 Å². The van der Waals surface area contributed by atoms with E-state index < -0.39 is 4.92 Å². The van der Waals surface area contributed by atoms with Crippen molar-refractivity contribution in [2.75, 3.05) is 6.61 Å². The van der Waals surface area contributed by atoms with Crippen molar-refractivity contribution in [1.82, 2.24) is 0 Å². The zero-order chi connectivity index (χ0) is 11.4. The fraction of sp³-hybridized carbons (Fsp3) is 0.333. The summed E-state index contributed by atoms with van der Waals surface area (Å²) in [7, 11) is 0. The molecular weight excluding hydrogens is 220 g/mol. The van der Waals surface area contributed by atoms with E-state index in [1.807, 2.05) is 6.92 Å². The second kappa shape index (κ2) is 5.06. The third-order valence-corrected chi connectivity index (χ3v) is 2.39. The monoisotopic (exact) mass is 230 g/mol. The zero-order valence-corrected chi connectivity index (χ0v) is 8.90. The van der Waals surface area contributed by atoms with E-state index in [-0.39, 0.29) is 16.6 Å². The number of hydrogen-bond acceptors (Lipinski definition) is 4. The Kier molecular flexibility index (Phi) is 4.02. The first-order valence-corrected chi connectivity index (χ1v) is 4.69. The summed E-state index contributed by atoms with van der Waals surface area (Å²) in [4.78, 5) is 14.5. The van der Waals surface area contributed by atoms with Gasteiger partial charge in [-0.1, -0.05) is 24.6 Å². The van der Waals surface area contributed by atoms with E-state index in [2.05, 4.69) is 4.84 Å². The number of nitro groups is 1. The number of nitro benzene ring substituents is 1. The van der Waals surface area contributed by atoms with E-state index in [0.29, 0.717) is 6.61 Å². The maximum absolute atomic E-state index is 10.5. The molecule has 1 unspecified atom stereocenters. The van der Waals surface area contributed by atoms with E-state index in [1.54, 1.807) is 12.1 Å². The highest BCUT2D eigenvalue weighted by Crippen LogP contribution is 2.28. The Morgan fingerprint density at radius 2 is 2.33 bits per heavy atom. The number of hydrogen-bond donors (Lipinski definition) is 1. The van der Waals surface area contributed by atoms with Gasteiger partial charge < -0.3 is 4.84 Å². The molecule has 0 saturated carbocycles. The predicted molar refractivity (Wildman–Crippen MR) is 56.7 cm³/mol. The number of nitrogens with two attached hydrogens (primary N) is 1. The van der Waals surface area contributed by atoms with Crippen molar-refractivity contribution in [1.29, 1.82) is 0 Å². The minimum atomic E-state index is -0.518. The first kappa shape index (κ1) is 11.9. The third-order valence-electron chi connectivity index (χ3n) is 2.08. The zero-order valence-electron chi connectivity index (χ0n) is 8.14. The molecule has 1 aromatic carbocycles. The summed E-state index contributed by atoms with van der Waals surface area (Å²) in [6.45, 7) is 2.23. The molecule has 1 atom stereocenters. The lowest BCUT2D eigenvalue weighted by Crippen LogP contribution is -2.08. The van der Waals surface area contributed by atoms with Crippen LogP contribution in [-0.2, 0) is 4.84 Å². The van der Waals surface area contributed by atoms with Crippen LogP contribution >= 0.6 is 11.6 Å². The van der Waals surface area contributed by atoms with E-state index in [9.17, 15) is 10.1 Å². The Morgan fingerprint density at radius 3 is 2.80 bits per heavy atom. The van der Waals surface area contributed by atoms with E-state index in [4.69, 9.17) is 17.5 Å². The normalized spacial score (nSPS) is 12.5. The molecule has 0 heterocycles. The number of halogens is 1. The molecule has 5 nitrogen and oxygen atoms in total. The second-order valence-corrected chi connectivity index (χ2v) is 3.61. The SMILES string of the molecule is CC(CON)c1ccc([N+](=O)[O-])c(Cl)c1. The molecular formula is C9H11ClN2O3. The fourth-order valence-electron chi connectivity index (χ4n) is 1.22. The third kappa shape index (κ3) is 2.89. The van der Waals surface area contributed by atoms with Gasteiger partial charge >= 0.3 is 0 Å². The lowest BCUT2D eigenvalue weighted by molar-refractivity contribution is -0.384. The number of benzene rings is 1. The van der Waals surface area contributed by atoms with Gasteiger partial charge in [0.1, 0.15) is 5.02 Å². The molecule has 0 aliphatic carbocycles. The quantitative estimate of drug-likeness (QED) is 0.636. The van der Waals surface area contributed by atoms with E-state index in [1.165, 1.54) is 6.07 Å². The Balaban J connectivity index is 2.96. The summed E-state index contributed by atoms with van der Waals surface area (Å²) in [5.41, 5.74) is 0.761. The van der Waals surface area contributed by atoms with Gasteiger partial charge in [0.15, 0.2) is 0 Å². The van der Waals surface area contributed by atoms with Crippen molar-refractivity contribution in [3.05, 3.63) is 38.9 Å². The Morgan fingerprint density at radius 1 is 1.67 bits per heavy atom. The highest BCUT2D eigenvalue weighted by Gasteiger charge is 2.14. The second-order valence-electron chi connectivity index (χ2n) is 3.20. The minimum Gasteiger partial charge on any atom is -0.304 e. The predicted octanol–water partition coefficient (Wildman–Crippen LogP) is 2.24. The van der Waals surface area contributed by atoms with Crippen LogP contribution in [0.25, 0.3) is 0 Å². The van der Waals surface area contributed by atoms with Crippen LogP contribution in [-0.4, -0.2) is 11.5 Å². The summed E-state index contributed by atoms with van der Waals surface area (Å²) in [6, 6.07) is 4.59. The van der Waals surface area contributed by atoms with Gasteiger partial charge in [0.25, 0.3) is 5.69 Å². The van der Waals surface area contributed by atoms with Crippen LogP contribution in [0.1, 0.15) is 18.4 Å². The van der Waals surface area contributed by atoms with Crippen LogP contribution in [0, 0.1) is 10.1 Å². The van der Waals surface area contributed by atoms with E-state index >= 15 is 0 Å². The van der Waals surface area contributed by atoms with Gasteiger partial charge in [-0.05, 0) is 11.6 Å². The van der Waals surface area contributed by atoms with Crippen LogP contribution in [0.2, 0.25) is 5.02 Å². The highest BCUT2D eigenvalue weighted by molar-refractivity contribution is 6.32. The topological polar surface area (TPSA) is 78.4 Å². The molecule has 0 amide bonds. The molecule has 6 heteroatoms. The lowest BCUT2D eigenvalue weighted by atomic mass is 10.0.